The Morgan fingerprint density at radius 2 is 1.91 bits per heavy atom. The van der Waals surface area contributed by atoms with Crippen LogP contribution in [0.25, 0.3) is 10.9 Å². The SMILES string of the molecule is CC[C@H](C)c1nc2ccc(Br)cc2c(=O)n1N=Cc1ccccc1Sc1ccc(Cl)cc1. The fourth-order valence-corrected chi connectivity index (χ4v) is 4.61. The first-order chi connectivity index (χ1) is 15.5. The second kappa shape index (κ2) is 10.0. The minimum absolute atomic E-state index is 0.0894. The molecule has 0 amide bonds. The fraction of sp³-hybridized carbons (Fsp3) is 0.160. The number of fused-ring (bicyclic) bond motifs is 1. The first-order valence-electron chi connectivity index (χ1n) is 10.2. The molecule has 1 atom stereocenters. The lowest BCUT2D eigenvalue weighted by Gasteiger charge is -2.14. The van der Waals surface area contributed by atoms with Crippen LogP contribution in [0, 0.1) is 0 Å². The summed E-state index contributed by atoms with van der Waals surface area (Å²) in [5.41, 5.74) is 1.42. The van der Waals surface area contributed by atoms with Crippen LogP contribution in [0.5, 0.6) is 0 Å². The largest absolute Gasteiger partial charge is 0.282 e. The number of benzene rings is 3. The smallest absolute Gasteiger partial charge is 0.267 e. The van der Waals surface area contributed by atoms with Crippen molar-refractivity contribution in [2.75, 3.05) is 0 Å². The molecule has 0 spiro atoms. The third-order valence-corrected chi connectivity index (χ3v) is 7.00. The van der Waals surface area contributed by atoms with Crippen molar-refractivity contribution in [3.63, 3.8) is 0 Å². The maximum atomic E-state index is 13.3. The summed E-state index contributed by atoms with van der Waals surface area (Å²) >= 11 is 11.1. The zero-order valence-electron chi connectivity index (χ0n) is 17.6. The Labute approximate surface area is 204 Å². The molecular formula is C25H21BrClN3OS. The molecule has 0 saturated carbocycles. The molecule has 0 N–H and O–H groups in total. The summed E-state index contributed by atoms with van der Waals surface area (Å²) in [7, 11) is 0. The highest BCUT2D eigenvalue weighted by Gasteiger charge is 2.15. The third kappa shape index (κ3) is 4.98. The summed E-state index contributed by atoms with van der Waals surface area (Å²) in [5.74, 6) is 0.748. The monoisotopic (exact) mass is 525 g/mol. The molecule has 3 aromatic carbocycles. The third-order valence-electron chi connectivity index (χ3n) is 5.16. The van der Waals surface area contributed by atoms with Crippen molar-refractivity contribution in [1.82, 2.24) is 9.66 Å². The highest BCUT2D eigenvalue weighted by Crippen LogP contribution is 2.30. The van der Waals surface area contributed by atoms with E-state index in [9.17, 15) is 4.79 Å². The minimum atomic E-state index is -0.175. The van der Waals surface area contributed by atoms with Crippen molar-refractivity contribution < 1.29 is 0 Å². The Hall–Kier alpha value is -2.41. The van der Waals surface area contributed by atoms with Crippen LogP contribution in [0.4, 0.5) is 0 Å². The lowest BCUT2D eigenvalue weighted by Crippen LogP contribution is -2.23. The van der Waals surface area contributed by atoms with Gasteiger partial charge in [0.1, 0.15) is 5.82 Å². The molecule has 0 aliphatic rings. The van der Waals surface area contributed by atoms with Crippen LogP contribution < -0.4 is 5.56 Å². The molecule has 162 valence electrons. The van der Waals surface area contributed by atoms with Gasteiger partial charge in [0.25, 0.3) is 5.56 Å². The number of halogens is 2. The van der Waals surface area contributed by atoms with E-state index in [0.717, 1.165) is 26.2 Å². The van der Waals surface area contributed by atoms with Gasteiger partial charge in [-0.05, 0) is 55.0 Å². The van der Waals surface area contributed by atoms with Crippen molar-refractivity contribution in [2.45, 2.75) is 36.0 Å². The highest BCUT2D eigenvalue weighted by molar-refractivity contribution is 9.10. The molecule has 7 heteroatoms. The summed E-state index contributed by atoms with van der Waals surface area (Å²) < 4.78 is 2.27. The number of hydrogen-bond acceptors (Lipinski definition) is 4. The second-order valence-electron chi connectivity index (χ2n) is 7.40. The van der Waals surface area contributed by atoms with Crippen LogP contribution in [0.3, 0.4) is 0 Å². The van der Waals surface area contributed by atoms with Gasteiger partial charge in [0, 0.05) is 30.8 Å². The molecule has 4 rings (SSSR count). The Bertz CT molecular complexity index is 1350. The van der Waals surface area contributed by atoms with Crippen LogP contribution in [-0.4, -0.2) is 15.9 Å². The van der Waals surface area contributed by atoms with Crippen molar-refractivity contribution in [1.29, 1.82) is 0 Å². The van der Waals surface area contributed by atoms with E-state index in [1.807, 2.05) is 60.7 Å². The summed E-state index contributed by atoms with van der Waals surface area (Å²) in [6.45, 7) is 4.14. The van der Waals surface area contributed by atoms with Crippen LogP contribution >= 0.6 is 39.3 Å². The van der Waals surface area contributed by atoms with E-state index < -0.39 is 0 Å². The topological polar surface area (TPSA) is 47.2 Å². The van der Waals surface area contributed by atoms with E-state index in [1.54, 1.807) is 24.0 Å². The fourth-order valence-electron chi connectivity index (χ4n) is 3.21. The van der Waals surface area contributed by atoms with Gasteiger partial charge in [-0.2, -0.15) is 9.78 Å². The number of hydrogen-bond donors (Lipinski definition) is 0. The molecule has 1 aromatic heterocycles. The van der Waals surface area contributed by atoms with Gasteiger partial charge in [0.15, 0.2) is 0 Å². The maximum Gasteiger partial charge on any atom is 0.282 e. The quantitative estimate of drug-likeness (QED) is 0.247. The molecule has 0 fully saturated rings. The summed E-state index contributed by atoms with van der Waals surface area (Å²) in [4.78, 5) is 20.2. The molecule has 0 radical (unpaired) electrons. The van der Waals surface area contributed by atoms with Gasteiger partial charge >= 0.3 is 0 Å². The molecule has 4 nitrogen and oxygen atoms in total. The predicted octanol–water partition coefficient (Wildman–Crippen LogP) is 7.36. The number of rotatable bonds is 6. The molecule has 32 heavy (non-hydrogen) atoms. The Balaban J connectivity index is 1.78. The van der Waals surface area contributed by atoms with Crippen molar-refractivity contribution in [2.24, 2.45) is 5.10 Å². The first kappa shape index (κ1) is 22.8. The maximum absolute atomic E-state index is 13.3. The van der Waals surface area contributed by atoms with Gasteiger partial charge in [-0.3, -0.25) is 4.79 Å². The minimum Gasteiger partial charge on any atom is -0.267 e. The lowest BCUT2D eigenvalue weighted by atomic mass is 10.1. The Morgan fingerprint density at radius 1 is 1.16 bits per heavy atom. The van der Waals surface area contributed by atoms with E-state index >= 15 is 0 Å². The molecule has 0 aliphatic carbocycles. The number of nitrogens with zero attached hydrogens (tertiary/aromatic N) is 3. The molecule has 4 aromatic rings. The van der Waals surface area contributed by atoms with Crippen molar-refractivity contribution in [3.8, 4) is 0 Å². The average molecular weight is 527 g/mol. The van der Waals surface area contributed by atoms with E-state index in [4.69, 9.17) is 16.6 Å². The van der Waals surface area contributed by atoms with E-state index in [0.29, 0.717) is 21.7 Å². The molecule has 0 aliphatic heterocycles. The van der Waals surface area contributed by atoms with Crippen LogP contribution in [-0.2, 0) is 0 Å². The predicted molar refractivity (Wildman–Crippen MR) is 137 cm³/mol. The van der Waals surface area contributed by atoms with Crippen molar-refractivity contribution in [3.05, 3.63) is 98.0 Å². The van der Waals surface area contributed by atoms with Crippen molar-refractivity contribution >= 4 is 56.4 Å². The molecular weight excluding hydrogens is 506 g/mol. The summed E-state index contributed by atoms with van der Waals surface area (Å²) in [6, 6.07) is 21.2. The summed E-state index contributed by atoms with van der Waals surface area (Å²) in [5, 5.41) is 5.85. The molecule has 0 unspecified atom stereocenters. The van der Waals surface area contributed by atoms with Gasteiger partial charge < -0.3 is 0 Å². The van der Waals surface area contributed by atoms with E-state index in [2.05, 4.69) is 34.9 Å². The zero-order chi connectivity index (χ0) is 22.7. The van der Waals surface area contributed by atoms with Crippen LogP contribution in [0.2, 0.25) is 5.02 Å². The normalized spacial score (nSPS) is 12.5. The summed E-state index contributed by atoms with van der Waals surface area (Å²) in [6.07, 6.45) is 2.59. The average Bonchev–Trinajstić information content (AvgIpc) is 2.80. The molecule has 1 heterocycles. The Morgan fingerprint density at radius 3 is 2.66 bits per heavy atom. The van der Waals surface area contributed by atoms with Gasteiger partial charge in [-0.15, -0.1) is 0 Å². The van der Waals surface area contributed by atoms with Gasteiger partial charge in [0.2, 0.25) is 0 Å². The standard InChI is InChI=1S/C25H21BrClN3OS/c1-3-16(2)24-29-22-13-8-18(26)14-21(22)25(31)30(24)28-15-17-6-4-5-7-23(17)32-20-11-9-19(27)10-12-20/h4-16H,3H2,1-2H3/t16-/m0/s1. The van der Waals surface area contributed by atoms with Gasteiger partial charge in [-0.25, -0.2) is 4.98 Å². The van der Waals surface area contributed by atoms with Crippen LogP contribution in [0.1, 0.15) is 37.6 Å². The van der Waals surface area contributed by atoms with E-state index in [-0.39, 0.29) is 11.5 Å². The number of aromatic nitrogens is 2. The molecule has 0 saturated heterocycles. The molecule has 0 bridgehead atoms. The zero-order valence-corrected chi connectivity index (χ0v) is 20.8. The van der Waals surface area contributed by atoms with Gasteiger partial charge in [-0.1, -0.05) is 71.3 Å². The van der Waals surface area contributed by atoms with E-state index in [1.165, 1.54) is 4.68 Å². The highest BCUT2D eigenvalue weighted by atomic mass is 79.9. The first-order valence-corrected chi connectivity index (χ1v) is 12.2. The lowest BCUT2D eigenvalue weighted by molar-refractivity contribution is 0.613. The van der Waals surface area contributed by atoms with Gasteiger partial charge in [0.05, 0.1) is 17.1 Å². The second-order valence-corrected chi connectivity index (χ2v) is 9.86. The Kier molecular flexibility index (Phi) is 7.13. The van der Waals surface area contributed by atoms with Crippen LogP contribution in [0.15, 0.2) is 90.9 Å².